The molecule has 2 rings (SSSR count). The van der Waals surface area contributed by atoms with E-state index in [1.54, 1.807) is 6.92 Å². The van der Waals surface area contributed by atoms with Crippen LogP contribution in [0.5, 0.6) is 0 Å². The van der Waals surface area contributed by atoms with E-state index >= 15 is 0 Å². The molecule has 3 nitrogen and oxygen atoms in total. The van der Waals surface area contributed by atoms with Crippen LogP contribution in [0.4, 0.5) is 0 Å². The van der Waals surface area contributed by atoms with Crippen LogP contribution in [-0.2, 0) is 19.9 Å². The summed E-state index contributed by atoms with van der Waals surface area (Å²) in [7, 11) is 1.38. The first-order chi connectivity index (χ1) is 7.45. The summed E-state index contributed by atoms with van der Waals surface area (Å²) in [6, 6.07) is 7.93. The summed E-state index contributed by atoms with van der Waals surface area (Å²) in [4.78, 5) is 11.6. The van der Waals surface area contributed by atoms with E-state index in [2.05, 4.69) is 0 Å². The van der Waals surface area contributed by atoms with E-state index in [0.29, 0.717) is 0 Å². The van der Waals surface area contributed by atoms with Crippen molar-refractivity contribution >= 4 is 5.97 Å². The predicted molar refractivity (Wildman–Crippen MR) is 60.0 cm³/mol. The van der Waals surface area contributed by atoms with E-state index in [1.165, 1.54) is 7.11 Å². The van der Waals surface area contributed by atoms with Crippen molar-refractivity contribution in [2.45, 2.75) is 32.0 Å². The summed E-state index contributed by atoms with van der Waals surface area (Å²) in [6.07, 6.45) is 0. The van der Waals surface area contributed by atoms with Gasteiger partial charge >= 0.3 is 5.97 Å². The zero-order chi connectivity index (χ0) is 12.0. The quantitative estimate of drug-likeness (QED) is 0.566. The van der Waals surface area contributed by atoms with Gasteiger partial charge in [0.1, 0.15) is 5.60 Å². The fraction of sp³-hybridized carbons (Fsp3) is 0.462. The highest BCUT2D eigenvalue weighted by Crippen LogP contribution is 2.56. The largest absolute Gasteiger partial charge is 0.467 e. The summed E-state index contributed by atoms with van der Waals surface area (Å²) >= 11 is 0. The Kier molecular flexibility index (Phi) is 2.31. The topological polar surface area (TPSA) is 38.8 Å². The molecule has 0 N–H and O–H groups in total. The second-order valence-electron chi connectivity index (χ2n) is 4.48. The number of methoxy groups -OCH3 is 1. The van der Waals surface area contributed by atoms with Gasteiger partial charge in [-0.1, -0.05) is 24.3 Å². The molecule has 3 heteroatoms. The highest BCUT2D eigenvalue weighted by Gasteiger charge is 2.70. The van der Waals surface area contributed by atoms with Crippen LogP contribution < -0.4 is 0 Å². The molecule has 0 bridgehead atoms. The second-order valence-corrected chi connectivity index (χ2v) is 4.48. The third kappa shape index (κ3) is 1.28. The van der Waals surface area contributed by atoms with Crippen molar-refractivity contribution in [2.24, 2.45) is 0 Å². The van der Waals surface area contributed by atoms with Gasteiger partial charge in [0.15, 0.2) is 5.60 Å². The molecule has 16 heavy (non-hydrogen) atoms. The summed E-state index contributed by atoms with van der Waals surface area (Å²) in [5.74, 6) is -0.321. The number of hydrogen-bond acceptors (Lipinski definition) is 3. The maximum absolute atomic E-state index is 11.6. The molecule has 0 spiro atoms. The Morgan fingerprint density at radius 3 is 2.50 bits per heavy atom. The standard InChI is InChI=1S/C13H16O3/c1-9-7-5-6-8-10(9)12(2)13(3,16-12)11(14)15-4/h5-8H,1-4H3. The molecule has 0 aliphatic carbocycles. The van der Waals surface area contributed by atoms with E-state index in [9.17, 15) is 4.79 Å². The van der Waals surface area contributed by atoms with Crippen LogP contribution in [0, 0.1) is 6.92 Å². The lowest BCUT2D eigenvalue weighted by Gasteiger charge is -2.13. The van der Waals surface area contributed by atoms with Gasteiger partial charge < -0.3 is 9.47 Å². The Hall–Kier alpha value is -1.35. The molecule has 0 amide bonds. The minimum absolute atomic E-state index is 0.321. The fourth-order valence-electron chi connectivity index (χ4n) is 2.23. The number of hydrogen-bond donors (Lipinski definition) is 0. The Bertz CT molecular complexity index is 441. The Labute approximate surface area is 95.4 Å². The van der Waals surface area contributed by atoms with Gasteiger partial charge in [-0.25, -0.2) is 4.79 Å². The van der Waals surface area contributed by atoms with Gasteiger partial charge in [-0.3, -0.25) is 0 Å². The highest BCUT2D eigenvalue weighted by molar-refractivity contribution is 5.84. The first kappa shape index (κ1) is 11.1. The molecule has 1 aliphatic rings. The van der Waals surface area contributed by atoms with Crippen molar-refractivity contribution in [1.82, 2.24) is 0 Å². The number of carbonyl (C=O) groups excluding carboxylic acids is 1. The van der Waals surface area contributed by atoms with Crippen LogP contribution in [0.2, 0.25) is 0 Å². The maximum atomic E-state index is 11.6. The van der Waals surface area contributed by atoms with Crippen LogP contribution in [0.25, 0.3) is 0 Å². The molecule has 0 radical (unpaired) electrons. The van der Waals surface area contributed by atoms with E-state index in [4.69, 9.17) is 9.47 Å². The average Bonchev–Trinajstić information content (AvgIpc) is 2.83. The average molecular weight is 220 g/mol. The molecule has 1 aromatic rings. The lowest BCUT2D eigenvalue weighted by molar-refractivity contribution is -0.146. The number of rotatable bonds is 2. The SMILES string of the molecule is COC(=O)C1(C)OC1(C)c1ccccc1C. The van der Waals surface area contributed by atoms with Crippen LogP contribution in [-0.4, -0.2) is 18.7 Å². The van der Waals surface area contributed by atoms with E-state index in [1.807, 2.05) is 38.1 Å². The number of carbonyl (C=O) groups is 1. The molecule has 86 valence electrons. The minimum atomic E-state index is -0.853. The van der Waals surface area contributed by atoms with Gasteiger partial charge in [-0.05, 0) is 31.9 Å². The third-order valence-corrected chi connectivity index (χ3v) is 3.51. The van der Waals surface area contributed by atoms with E-state index < -0.39 is 11.2 Å². The number of aryl methyl sites for hydroxylation is 1. The molecule has 1 saturated heterocycles. The highest BCUT2D eigenvalue weighted by atomic mass is 16.7. The molecule has 1 aromatic carbocycles. The van der Waals surface area contributed by atoms with Crippen LogP contribution >= 0.6 is 0 Å². The van der Waals surface area contributed by atoms with Gasteiger partial charge in [0.05, 0.1) is 7.11 Å². The monoisotopic (exact) mass is 220 g/mol. The molecule has 1 heterocycles. The first-order valence-electron chi connectivity index (χ1n) is 5.30. The summed E-state index contributed by atoms with van der Waals surface area (Å²) in [6.45, 7) is 5.71. The molecular formula is C13H16O3. The second kappa shape index (κ2) is 3.32. The molecule has 2 unspecified atom stereocenters. The van der Waals surface area contributed by atoms with Gasteiger partial charge in [0.25, 0.3) is 0 Å². The predicted octanol–water partition coefficient (Wildman–Crippen LogP) is 2.17. The van der Waals surface area contributed by atoms with Crippen LogP contribution in [0.1, 0.15) is 25.0 Å². The number of esters is 1. The molecule has 0 saturated carbocycles. The van der Waals surface area contributed by atoms with Crippen LogP contribution in [0.3, 0.4) is 0 Å². The number of epoxide rings is 1. The molecule has 2 atom stereocenters. The van der Waals surface area contributed by atoms with E-state index in [0.717, 1.165) is 11.1 Å². The van der Waals surface area contributed by atoms with Crippen molar-refractivity contribution < 1.29 is 14.3 Å². The van der Waals surface area contributed by atoms with Crippen molar-refractivity contribution in [3.05, 3.63) is 35.4 Å². The maximum Gasteiger partial charge on any atom is 0.341 e. The Morgan fingerprint density at radius 2 is 1.94 bits per heavy atom. The zero-order valence-electron chi connectivity index (χ0n) is 10.0. The fourth-order valence-corrected chi connectivity index (χ4v) is 2.23. The number of benzene rings is 1. The minimum Gasteiger partial charge on any atom is -0.467 e. The molecular weight excluding hydrogens is 204 g/mol. The smallest absolute Gasteiger partial charge is 0.341 e. The normalized spacial score (nSPS) is 32.2. The molecule has 1 aliphatic heterocycles. The van der Waals surface area contributed by atoms with Gasteiger partial charge in [0.2, 0.25) is 0 Å². The third-order valence-electron chi connectivity index (χ3n) is 3.51. The lowest BCUT2D eigenvalue weighted by atomic mass is 9.86. The Balaban J connectivity index is 2.38. The first-order valence-corrected chi connectivity index (χ1v) is 5.30. The summed E-state index contributed by atoms with van der Waals surface area (Å²) in [5.41, 5.74) is 0.750. The van der Waals surface area contributed by atoms with Gasteiger partial charge in [-0.2, -0.15) is 0 Å². The lowest BCUT2D eigenvalue weighted by Crippen LogP contribution is -2.29. The van der Waals surface area contributed by atoms with Crippen LogP contribution in [0.15, 0.2) is 24.3 Å². The van der Waals surface area contributed by atoms with Crippen molar-refractivity contribution in [3.8, 4) is 0 Å². The summed E-state index contributed by atoms with van der Waals surface area (Å²) in [5, 5.41) is 0. The van der Waals surface area contributed by atoms with Gasteiger partial charge in [0, 0.05) is 0 Å². The van der Waals surface area contributed by atoms with E-state index in [-0.39, 0.29) is 5.97 Å². The molecule has 0 aromatic heterocycles. The molecule has 1 fully saturated rings. The zero-order valence-corrected chi connectivity index (χ0v) is 10.0. The van der Waals surface area contributed by atoms with Crippen molar-refractivity contribution in [1.29, 1.82) is 0 Å². The van der Waals surface area contributed by atoms with Crippen molar-refractivity contribution in [2.75, 3.05) is 7.11 Å². The Morgan fingerprint density at radius 1 is 1.31 bits per heavy atom. The van der Waals surface area contributed by atoms with Crippen molar-refractivity contribution in [3.63, 3.8) is 0 Å². The number of ether oxygens (including phenoxy) is 2. The summed E-state index contributed by atoms with van der Waals surface area (Å²) < 4.78 is 10.4. The van der Waals surface area contributed by atoms with Gasteiger partial charge in [-0.15, -0.1) is 0 Å².